The van der Waals surface area contributed by atoms with Crippen molar-refractivity contribution in [2.24, 2.45) is 0 Å². The van der Waals surface area contributed by atoms with Crippen LogP contribution in [0.1, 0.15) is 297 Å². The average Bonchev–Trinajstić information content (AvgIpc) is 3.29. The number of hydrogen-bond acceptors (Lipinski definition) is 5. The smallest absolute Gasteiger partial charge is 0.306 e. The van der Waals surface area contributed by atoms with Gasteiger partial charge in [-0.3, -0.25) is 9.59 Å². The lowest BCUT2D eigenvalue weighted by Crippen LogP contribution is -2.46. The van der Waals surface area contributed by atoms with Crippen LogP contribution in [0.25, 0.3) is 0 Å². The summed E-state index contributed by atoms with van der Waals surface area (Å²) in [7, 11) is 0. The molecule has 376 valence electrons. The number of hydrogen-bond donors (Lipinski definition) is 3. The summed E-state index contributed by atoms with van der Waals surface area (Å²) in [5, 5.41) is 23.8. The highest BCUT2D eigenvalue weighted by atomic mass is 16.5. The van der Waals surface area contributed by atoms with Crippen LogP contribution < -0.4 is 5.32 Å². The van der Waals surface area contributed by atoms with Crippen LogP contribution in [0.5, 0.6) is 0 Å². The van der Waals surface area contributed by atoms with E-state index in [0.717, 1.165) is 77.0 Å². The van der Waals surface area contributed by atoms with Crippen molar-refractivity contribution in [1.82, 2.24) is 5.32 Å². The first kappa shape index (κ1) is 62.1. The van der Waals surface area contributed by atoms with E-state index in [1.807, 2.05) is 0 Å². The highest BCUT2D eigenvalue weighted by Crippen LogP contribution is 2.18. The molecule has 0 aromatic rings. The number of ether oxygens (including phenoxy) is 1. The molecule has 3 atom stereocenters. The first-order valence-corrected chi connectivity index (χ1v) is 28.2. The summed E-state index contributed by atoms with van der Waals surface area (Å²) in [5.74, 6) is -0.498. The van der Waals surface area contributed by atoms with E-state index in [9.17, 15) is 19.8 Å². The summed E-state index contributed by atoms with van der Waals surface area (Å²) in [5.41, 5.74) is 0. The van der Waals surface area contributed by atoms with Gasteiger partial charge in [0, 0.05) is 6.42 Å². The molecular weight excluding hydrogens is 791 g/mol. The van der Waals surface area contributed by atoms with Crippen LogP contribution in [0.4, 0.5) is 0 Å². The number of aliphatic hydroxyl groups excluding tert-OH is 2. The Balaban J connectivity index is 4.59. The maximum absolute atomic E-state index is 13.2. The van der Waals surface area contributed by atoms with Gasteiger partial charge >= 0.3 is 5.97 Å². The minimum atomic E-state index is -0.794. The number of carbonyl (C=O) groups excluding carboxylic acids is 2. The largest absolute Gasteiger partial charge is 0.462 e. The number of nitrogens with one attached hydrogen (secondary N) is 1. The fourth-order valence-electron chi connectivity index (χ4n) is 8.65. The van der Waals surface area contributed by atoms with Gasteiger partial charge < -0.3 is 20.3 Å². The molecule has 0 saturated carbocycles. The Kier molecular flexibility index (Phi) is 50.5. The van der Waals surface area contributed by atoms with Crippen LogP contribution in [0.3, 0.4) is 0 Å². The summed E-state index contributed by atoms with van der Waals surface area (Å²) in [6.45, 7) is 6.49. The molecule has 0 aliphatic carbocycles. The van der Waals surface area contributed by atoms with E-state index in [2.05, 4.69) is 62.5 Å². The first-order valence-electron chi connectivity index (χ1n) is 28.2. The van der Waals surface area contributed by atoms with Crippen molar-refractivity contribution in [2.45, 2.75) is 315 Å². The van der Waals surface area contributed by atoms with Gasteiger partial charge in [-0.05, 0) is 77.0 Å². The third-order valence-corrected chi connectivity index (χ3v) is 13.0. The predicted molar refractivity (Wildman–Crippen MR) is 278 cm³/mol. The molecule has 0 aromatic heterocycles. The molecule has 0 bridgehead atoms. The third-order valence-electron chi connectivity index (χ3n) is 13.0. The second kappa shape index (κ2) is 52.1. The minimum Gasteiger partial charge on any atom is -0.462 e. The topological polar surface area (TPSA) is 95.9 Å². The molecule has 0 saturated heterocycles. The van der Waals surface area contributed by atoms with E-state index in [-0.39, 0.29) is 24.9 Å². The van der Waals surface area contributed by atoms with Gasteiger partial charge in [0.2, 0.25) is 5.91 Å². The molecule has 0 aliphatic heterocycles. The van der Waals surface area contributed by atoms with Crippen molar-refractivity contribution in [2.75, 3.05) is 6.61 Å². The Morgan fingerprint density at radius 1 is 0.453 bits per heavy atom. The van der Waals surface area contributed by atoms with E-state index < -0.39 is 18.2 Å². The van der Waals surface area contributed by atoms with Crippen LogP contribution in [-0.2, 0) is 14.3 Å². The number of carbonyl (C=O) groups is 2. The Labute approximate surface area is 398 Å². The predicted octanol–water partition coefficient (Wildman–Crippen LogP) is 17.2. The SMILES string of the molecule is CCCCCCCCC/C=C/C=C/CCCCCC(CC(=O)NC(CO)C(O)CCCCCCCCCCCCC)OC(=O)CCCCCCC/C=C/CCCCCCCCCCC. The molecule has 3 N–H and O–H groups in total. The zero-order chi connectivity index (χ0) is 46.7. The van der Waals surface area contributed by atoms with Gasteiger partial charge in [0.05, 0.1) is 25.2 Å². The Morgan fingerprint density at radius 3 is 1.22 bits per heavy atom. The summed E-state index contributed by atoms with van der Waals surface area (Å²) in [6.07, 6.45) is 62.1. The van der Waals surface area contributed by atoms with Crippen LogP contribution >= 0.6 is 0 Å². The molecule has 0 fully saturated rings. The number of rotatable bonds is 51. The molecule has 0 heterocycles. The fraction of sp³-hybridized carbons (Fsp3) is 0.862. The normalized spacial score (nSPS) is 13.4. The highest BCUT2D eigenvalue weighted by Gasteiger charge is 2.24. The summed E-state index contributed by atoms with van der Waals surface area (Å²) < 4.78 is 5.94. The third kappa shape index (κ3) is 46.6. The number of aliphatic hydroxyl groups is 2. The quantitative estimate of drug-likeness (QED) is 0.0245. The van der Waals surface area contributed by atoms with Crippen molar-refractivity contribution in [3.05, 3.63) is 36.5 Å². The lowest BCUT2D eigenvalue weighted by atomic mass is 10.0. The van der Waals surface area contributed by atoms with E-state index in [1.165, 1.54) is 173 Å². The molecule has 0 aliphatic rings. The number of unbranched alkanes of at least 4 members (excludes halogenated alkanes) is 34. The molecule has 3 unspecified atom stereocenters. The first-order chi connectivity index (χ1) is 31.5. The van der Waals surface area contributed by atoms with Gasteiger partial charge in [-0.2, -0.15) is 0 Å². The van der Waals surface area contributed by atoms with Gasteiger partial charge in [0.1, 0.15) is 6.10 Å². The van der Waals surface area contributed by atoms with Crippen LogP contribution in [-0.4, -0.2) is 46.9 Å². The fourth-order valence-corrected chi connectivity index (χ4v) is 8.65. The van der Waals surface area contributed by atoms with Crippen molar-refractivity contribution in [3.63, 3.8) is 0 Å². The van der Waals surface area contributed by atoms with Crippen molar-refractivity contribution >= 4 is 11.9 Å². The molecule has 0 rings (SSSR count). The summed E-state index contributed by atoms with van der Waals surface area (Å²) in [6, 6.07) is -0.710. The molecule has 6 nitrogen and oxygen atoms in total. The van der Waals surface area contributed by atoms with Gasteiger partial charge in [-0.1, -0.05) is 243 Å². The van der Waals surface area contributed by atoms with Gasteiger partial charge in [0.15, 0.2) is 0 Å². The molecular formula is C58H109NO5. The van der Waals surface area contributed by atoms with Crippen LogP contribution in [0.2, 0.25) is 0 Å². The lowest BCUT2D eigenvalue weighted by molar-refractivity contribution is -0.151. The van der Waals surface area contributed by atoms with Crippen molar-refractivity contribution in [3.8, 4) is 0 Å². The molecule has 6 heteroatoms. The maximum atomic E-state index is 13.2. The minimum absolute atomic E-state index is 0.0590. The van der Waals surface area contributed by atoms with Gasteiger partial charge in [-0.25, -0.2) is 0 Å². The van der Waals surface area contributed by atoms with Crippen LogP contribution in [0, 0.1) is 0 Å². The van der Waals surface area contributed by atoms with Crippen molar-refractivity contribution < 1.29 is 24.5 Å². The molecule has 0 spiro atoms. The Hall–Kier alpha value is -1.92. The standard InChI is InChI=1S/C58H109NO5/c1-4-7-10-13-16-19-22-24-26-28-29-31-33-36-39-42-45-48-51-58(63)64-54(49-46-43-40-37-35-32-30-27-25-23-20-17-14-11-8-5-2)52-57(62)59-55(53-60)56(61)50-47-44-41-38-34-21-18-15-12-9-6-3/h27,29-32,35,54-56,60-61H,4-26,28,33-34,36-53H2,1-3H3,(H,59,62)/b30-27+,31-29+,35-32+. The van der Waals surface area contributed by atoms with E-state index in [4.69, 9.17) is 4.74 Å². The van der Waals surface area contributed by atoms with E-state index >= 15 is 0 Å². The highest BCUT2D eigenvalue weighted by molar-refractivity contribution is 5.77. The van der Waals surface area contributed by atoms with Crippen molar-refractivity contribution in [1.29, 1.82) is 0 Å². The monoisotopic (exact) mass is 900 g/mol. The number of allylic oxidation sites excluding steroid dienone is 6. The molecule has 1 amide bonds. The Bertz CT molecular complexity index is 1060. The summed E-state index contributed by atoms with van der Waals surface area (Å²) >= 11 is 0. The lowest BCUT2D eigenvalue weighted by Gasteiger charge is -2.24. The number of amides is 1. The molecule has 0 aromatic carbocycles. The second-order valence-corrected chi connectivity index (χ2v) is 19.4. The second-order valence-electron chi connectivity index (χ2n) is 19.4. The van der Waals surface area contributed by atoms with E-state index in [1.54, 1.807) is 0 Å². The zero-order valence-electron chi connectivity index (χ0n) is 42.9. The van der Waals surface area contributed by atoms with Gasteiger partial charge in [-0.15, -0.1) is 0 Å². The Morgan fingerprint density at radius 2 is 0.797 bits per heavy atom. The summed E-state index contributed by atoms with van der Waals surface area (Å²) in [4.78, 5) is 26.2. The number of esters is 1. The van der Waals surface area contributed by atoms with Gasteiger partial charge in [0.25, 0.3) is 0 Å². The molecule has 64 heavy (non-hydrogen) atoms. The maximum Gasteiger partial charge on any atom is 0.306 e. The zero-order valence-corrected chi connectivity index (χ0v) is 42.9. The van der Waals surface area contributed by atoms with Crippen LogP contribution in [0.15, 0.2) is 36.5 Å². The average molecular weight is 901 g/mol. The molecule has 0 radical (unpaired) electrons. The van der Waals surface area contributed by atoms with E-state index in [0.29, 0.717) is 19.3 Å².